The van der Waals surface area contributed by atoms with Crippen molar-refractivity contribution in [1.82, 2.24) is 4.98 Å². The number of aromatic nitrogens is 1. The summed E-state index contributed by atoms with van der Waals surface area (Å²) in [7, 11) is 0. The van der Waals surface area contributed by atoms with Crippen LogP contribution in [0.25, 0.3) is 22.6 Å². The molecule has 0 unspecified atom stereocenters. The molecule has 32 heavy (non-hydrogen) atoms. The molecule has 3 aromatic rings. The number of ether oxygens (including phenoxy) is 1. The van der Waals surface area contributed by atoms with Gasteiger partial charge in [0.1, 0.15) is 5.52 Å². The van der Waals surface area contributed by atoms with E-state index in [1.165, 1.54) is 6.08 Å². The number of amides is 1. The molecule has 0 saturated carbocycles. The highest BCUT2D eigenvalue weighted by Gasteiger charge is 2.33. The smallest absolute Gasteiger partial charge is 0.412 e. The predicted octanol–water partition coefficient (Wildman–Crippen LogP) is 5.49. The van der Waals surface area contributed by atoms with Gasteiger partial charge in [-0.25, -0.2) is 4.98 Å². The van der Waals surface area contributed by atoms with Gasteiger partial charge in [0.05, 0.1) is 17.4 Å². The number of hydrogen-bond acceptors (Lipinski definition) is 5. The van der Waals surface area contributed by atoms with Gasteiger partial charge >= 0.3 is 6.18 Å². The van der Waals surface area contributed by atoms with E-state index in [1.54, 1.807) is 42.5 Å². The number of oxazole rings is 1. The Morgan fingerprint density at radius 3 is 2.59 bits per heavy atom. The molecule has 1 aliphatic rings. The van der Waals surface area contributed by atoms with Gasteiger partial charge in [-0.05, 0) is 55.0 Å². The van der Waals surface area contributed by atoms with Crippen molar-refractivity contribution in [3.05, 3.63) is 71.5 Å². The van der Waals surface area contributed by atoms with E-state index in [2.05, 4.69) is 10.3 Å². The second-order valence-electron chi connectivity index (χ2n) is 7.05. The van der Waals surface area contributed by atoms with Gasteiger partial charge in [-0.1, -0.05) is 6.08 Å². The number of nitriles is 1. The molecule has 4 rings (SSSR count). The molecule has 1 aromatic heterocycles. The van der Waals surface area contributed by atoms with E-state index in [0.717, 1.165) is 6.08 Å². The van der Waals surface area contributed by atoms with Crippen LogP contribution in [0.5, 0.6) is 0 Å². The second kappa shape index (κ2) is 8.59. The molecule has 0 fully saturated rings. The van der Waals surface area contributed by atoms with Gasteiger partial charge < -0.3 is 14.5 Å². The van der Waals surface area contributed by atoms with Gasteiger partial charge in [-0.3, -0.25) is 4.79 Å². The quantitative estimate of drug-likeness (QED) is 0.568. The Morgan fingerprint density at radius 2 is 1.94 bits per heavy atom. The van der Waals surface area contributed by atoms with Crippen molar-refractivity contribution < 1.29 is 27.1 Å². The molecule has 0 spiro atoms. The molecule has 1 N–H and O–H groups in total. The molecule has 162 valence electrons. The van der Waals surface area contributed by atoms with Crippen LogP contribution in [0, 0.1) is 11.3 Å². The monoisotopic (exact) mass is 439 g/mol. The van der Waals surface area contributed by atoms with Crippen LogP contribution in [-0.4, -0.2) is 23.7 Å². The minimum absolute atomic E-state index is 0.0910. The summed E-state index contributed by atoms with van der Waals surface area (Å²) in [5, 5.41) is 11.6. The van der Waals surface area contributed by atoms with Crippen LogP contribution in [0.3, 0.4) is 0 Å². The summed E-state index contributed by atoms with van der Waals surface area (Å²) in [6, 6.07) is 13.8. The molecular formula is C23H16F3N3O3. The largest absolute Gasteiger partial charge is 0.488 e. The van der Waals surface area contributed by atoms with E-state index >= 15 is 0 Å². The number of nitrogens with zero attached hydrogens (tertiary/aromatic N) is 2. The van der Waals surface area contributed by atoms with Crippen molar-refractivity contribution in [2.75, 3.05) is 11.9 Å². The maximum absolute atomic E-state index is 12.6. The van der Waals surface area contributed by atoms with Crippen LogP contribution in [-0.2, 0) is 9.53 Å². The molecule has 0 radical (unpaired) electrons. The molecule has 6 nitrogen and oxygen atoms in total. The van der Waals surface area contributed by atoms with Gasteiger partial charge in [-0.15, -0.1) is 0 Å². The third-order valence-corrected chi connectivity index (χ3v) is 4.80. The molecule has 1 heterocycles. The van der Waals surface area contributed by atoms with E-state index in [1.807, 2.05) is 6.07 Å². The number of allylic oxidation sites excluding steroid dienone is 4. The summed E-state index contributed by atoms with van der Waals surface area (Å²) in [4.78, 5) is 16.5. The fraction of sp³-hybridized carbons (Fsp3) is 0.174. The lowest BCUT2D eigenvalue weighted by Crippen LogP contribution is -2.19. The Balaban J connectivity index is 1.35. The Labute approximate surface area is 180 Å². The SMILES string of the molecule is N#Cc1ccc2oc(-c3ccc(NC(=O)COC4=CC=C(C(F)(F)F)CC4)cc3)nc2c1. The standard InChI is InChI=1S/C23H16F3N3O3/c24-23(25,26)16-4-8-18(9-5-16)31-13-21(30)28-17-6-2-15(3-7-17)22-29-19-11-14(12-27)1-10-20(19)32-22/h1-4,6-8,10-11H,5,9,13H2,(H,28,30). The fourth-order valence-corrected chi connectivity index (χ4v) is 3.15. The molecule has 0 bridgehead atoms. The van der Waals surface area contributed by atoms with Crippen LogP contribution in [0.4, 0.5) is 18.9 Å². The Kier molecular flexibility index (Phi) is 5.69. The maximum Gasteiger partial charge on any atom is 0.412 e. The zero-order chi connectivity index (χ0) is 22.7. The van der Waals surface area contributed by atoms with Crippen LogP contribution < -0.4 is 5.32 Å². The zero-order valence-corrected chi connectivity index (χ0v) is 16.6. The molecule has 9 heteroatoms. The van der Waals surface area contributed by atoms with E-state index in [0.29, 0.717) is 39.6 Å². The van der Waals surface area contributed by atoms with Crippen molar-refractivity contribution in [3.63, 3.8) is 0 Å². The van der Waals surface area contributed by atoms with Crippen molar-refractivity contribution in [2.45, 2.75) is 19.0 Å². The average molecular weight is 439 g/mol. The second-order valence-corrected chi connectivity index (χ2v) is 7.05. The minimum atomic E-state index is -4.34. The summed E-state index contributed by atoms with van der Waals surface area (Å²) < 4.78 is 48.9. The van der Waals surface area contributed by atoms with Crippen molar-refractivity contribution in [3.8, 4) is 17.5 Å². The number of alkyl halides is 3. The van der Waals surface area contributed by atoms with E-state index in [4.69, 9.17) is 14.4 Å². The lowest BCUT2D eigenvalue weighted by molar-refractivity contribution is -0.119. The number of fused-ring (bicyclic) bond motifs is 1. The molecule has 0 saturated heterocycles. The van der Waals surface area contributed by atoms with E-state index < -0.39 is 17.7 Å². The summed E-state index contributed by atoms with van der Waals surface area (Å²) in [5.74, 6) is 0.279. The first-order chi connectivity index (χ1) is 15.3. The van der Waals surface area contributed by atoms with Crippen LogP contribution in [0.15, 0.2) is 70.4 Å². The average Bonchev–Trinajstić information content (AvgIpc) is 3.21. The lowest BCUT2D eigenvalue weighted by atomic mass is 10.0. The van der Waals surface area contributed by atoms with E-state index in [-0.39, 0.29) is 19.4 Å². The third-order valence-electron chi connectivity index (χ3n) is 4.80. The maximum atomic E-state index is 12.6. The topological polar surface area (TPSA) is 88.2 Å². The molecule has 2 aromatic carbocycles. The zero-order valence-electron chi connectivity index (χ0n) is 16.6. The van der Waals surface area contributed by atoms with Gasteiger partial charge in [0.15, 0.2) is 12.2 Å². The number of anilines is 1. The predicted molar refractivity (Wildman–Crippen MR) is 110 cm³/mol. The van der Waals surface area contributed by atoms with Crippen LogP contribution in [0.1, 0.15) is 18.4 Å². The number of hydrogen-bond donors (Lipinski definition) is 1. The Morgan fingerprint density at radius 1 is 1.16 bits per heavy atom. The third kappa shape index (κ3) is 4.81. The Bertz CT molecular complexity index is 1270. The van der Waals surface area contributed by atoms with Crippen molar-refractivity contribution in [2.24, 2.45) is 0 Å². The van der Waals surface area contributed by atoms with Gasteiger partial charge in [-0.2, -0.15) is 18.4 Å². The van der Waals surface area contributed by atoms with Crippen molar-refractivity contribution >= 4 is 22.7 Å². The van der Waals surface area contributed by atoms with Crippen LogP contribution >= 0.6 is 0 Å². The molecule has 0 aliphatic heterocycles. The highest BCUT2D eigenvalue weighted by molar-refractivity contribution is 5.92. The number of carbonyl (C=O) groups is 1. The number of rotatable bonds is 5. The summed E-state index contributed by atoms with van der Waals surface area (Å²) in [6.45, 7) is -0.310. The number of nitrogens with one attached hydrogen (secondary N) is 1. The fourth-order valence-electron chi connectivity index (χ4n) is 3.15. The number of benzene rings is 2. The first-order valence-corrected chi connectivity index (χ1v) is 9.62. The Hall–Kier alpha value is -4.06. The van der Waals surface area contributed by atoms with Gasteiger partial charge in [0.25, 0.3) is 5.91 Å². The molecule has 0 atom stereocenters. The summed E-state index contributed by atoms with van der Waals surface area (Å²) >= 11 is 0. The first-order valence-electron chi connectivity index (χ1n) is 9.62. The van der Waals surface area contributed by atoms with Crippen molar-refractivity contribution in [1.29, 1.82) is 5.26 Å². The lowest BCUT2D eigenvalue weighted by Gasteiger charge is -2.17. The number of halogens is 3. The summed E-state index contributed by atoms with van der Waals surface area (Å²) in [6.07, 6.45) is -2.21. The summed E-state index contributed by atoms with van der Waals surface area (Å²) in [5.41, 5.74) is 2.21. The molecule has 1 aliphatic carbocycles. The van der Waals surface area contributed by atoms with E-state index in [9.17, 15) is 18.0 Å². The minimum Gasteiger partial charge on any atom is -0.488 e. The highest BCUT2D eigenvalue weighted by Crippen LogP contribution is 2.33. The van der Waals surface area contributed by atoms with Gasteiger partial charge in [0.2, 0.25) is 5.89 Å². The first kappa shape index (κ1) is 21.2. The normalized spacial score (nSPS) is 13.8. The van der Waals surface area contributed by atoms with Crippen LogP contribution in [0.2, 0.25) is 0 Å². The molecular weight excluding hydrogens is 423 g/mol. The van der Waals surface area contributed by atoms with Gasteiger partial charge in [0, 0.05) is 23.2 Å². The number of carbonyl (C=O) groups excluding carboxylic acids is 1. The highest BCUT2D eigenvalue weighted by atomic mass is 19.4. The molecule has 1 amide bonds.